The number of hydrogen-bond donors (Lipinski definition) is 0. The zero-order valence-corrected chi connectivity index (χ0v) is 10.9. The Bertz CT molecular complexity index is 216. The first-order chi connectivity index (χ1) is 7.64. The molecule has 0 spiro atoms. The zero-order chi connectivity index (χ0) is 12.4. The molecule has 0 amide bonds. The van der Waals surface area contributed by atoms with Crippen molar-refractivity contribution >= 4 is 15.0 Å². The minimum absolute atomic E-state index is 0.0966. The van der Waals surface area contributed by atoms with Crippen molar-refractivity contribution in [1.82, 2.24) is 0 Å². The van der Waals surface area contributed by atoms with E-state index >= 15 is 0 Å². The van der Waals surface area contributed by atoms with Crippen molar-refractivity contribution in [2.45, 2.75) is 6.92 Å². The van der Waals surface area contributed by atoms with Crippen LogP contribution in [0.15, 0.2) is 12.7 Å². The van der Waals surface area contributed by atoms with Gasteiger partial charge in [-0.2, -0.15) is 0 Å². The van der Waals surface area contributed by atoms with E-state index < -0.39 is 15.0 Å². The van der Waals surface area contributed by atoms with Crippen LogP contribution in [0.25, 0.3) is 0 Å². The summed E-state index contributed by atoms with van der Waals surface area (Å²) in [7, 11) is -0.152. The number of carbonyl (C=O) groups is 1. The Hall–Kier alpha value is -0.733. The standard InChI is InChI=1S/C9H18O6Si/c1-5-9(10)13-7-8-15-16(11-3,12-4)14-6-2/h5H,1,6-8H2,2-4H3. The summed E-state index contributed by atoms with van der Waals surface area (Å²) in [5, 5.41) is 0. The summed E-state index contributed by atoms with van der Waals surface area (Å²) in [6, 6.07) is 0. The van der Waals surface area contributed by atoms with Gasteiger partial charge in [0.2, 0.25) is 0 Å². The number of ether oxygens (including phenoxy) is 1. The smallest absolute Gasteiger partial charge is 0.460 e. The van der Waals surface area contributed by atoms with Crippen molar-refractivity contribution in [1.29, 1.82) is 0 Å². The lowest BCUT2D eigenvalue weighted by Crippen LogP contribution is -2.48. The van der Waals surface area contributed by atoms with Gasteiger partial charge in [0.25, 0.3) is 0 Å². The van der Waals surface area contributed by atoms with Crippen molar-refractivity contribution in [3.05, 3.63) is 12.7 Å². The van der Waals surface area contributed by atoms with Gasteiger partial charge in [-0.05, 0) is 6.92 Å². The van der Waals surface area contributed by atoms with Crippen molar-refractivity contribution in [3.8, 4) is 0 Å². The average Bonchev–Trinajstić information content (AvgIpc) is 2.32. The van der Waals surface area contributed by atoms with E-state index in [0.717, 1.165) is 6.08 Å². The quantitative estimate of drug-likeness (QED) is 0.257. The van der Waals surface area contributed by atoms with Crippen molar-refractivity contribution in [3.63, 3.8) is 0 Å². The second kappa shape index (κ2) is 8.42. The van der Waals surface area contributed by atoms with Gasteiger partial charge in [0.05, 0.1) is 6.61 Å². The molecule has 0 aliphatic heterocycles. The van der Waals surface area contributed by atoms with E-state index in [4.69, 9.17) is 22.4 Å². The van der Waals surface area contributed by atoms with Crippen LogP contribution in [0.2, 0.25) is 0 Å². The van der Waals surface area contributed by atoms with Crippen molar-refractivity contribution in [2.75, 3.05) is 34.0 Å². The molecule has 0 aromatic rings. The molecule has 0 unspecified atom stereocenters. The fraction of sp³-hybridized carbons (Fsp3) is 0.667. The van der Waals surface area contributed by atoms with Crippen molar-refractivity contribution in [2.24, 2.45) is 0 Å². The lowest BCUT2D eigenvalue weighted by Gasteiger charge is -2.23. The highest BCUT2D eigenvalue weighted by Gasteiger charge is 2.43. The fourth-order valence-corrected chi connectivity index (χ4v) is 2.31. The molecule has 0 aromatic heterocycles. The number of esters is 1. The SMILES string of the molecule is C=CC(=O)OCCO[Si](OC)(OC)OCC. The lowest BCUT2D eigenvalue weighted by atomic mass is 10.6. The summed E-state index contributed by atoms with van der Waals surface area (Å²) >= 11 is 0. The second-order valence-electron chi connectivity index (χ2n) is 2.56. The monoisotopic (exact) mass is 250 g/mol. The van der Waals surface area contributed by atoms with Crippen LogP contribution in [-0.4, -0.2) is 49.1 Å². The first-order valence-corrected chi connectivity index (χ1v) is 6.44. The third-order valence-electron chi connectivity index (χ3n) is 1.59. The molecule has 0 N–H and O–H groups in total. The van der Waals surface area contributed by atoms with Crippen molar-refractivity contribution < 1.29 is 27.2 Å². The van der Waals surface area contributed by atoms with Crippen LogP contribution in [0.1, 0.15) is 6.92 Å². The summed E-state index contributed by atoms with van der Waals surface area (Å²) in [4.78, 5) is 10.7. The maximum atomic E-state index is 10.7. The first kappa shape index (κ1) is 15.3. The molecule has 0 heterocycles. The summed E-state index contributed by atoms with van der Waals surface area (Å²) in [6.07, 6.45) is 1.08. The van der Waals surface area contributed by atoms with E-state index in [-0.39, 0.29) is 13.2 Å². The van der Waals surface area contributed by atoms with Gasteiger partial charge in [-0.25, -0.2) is 4.79 Å². The first-order valence-electron chi connectivity index (χ1n) is 4.81. The second-order valence-corrected chi connectivity index (χ2v) is 4.96. The number of rotatable bonds is 9. The fourth-order valence-electron chi connectivity index (χ4n) is 0.905. The topological polar surface area (TPSA) is 63.2 Å². The molecule has 0 radical (unpaired) electrons. The lowest BCUT2D eigenvalue weighted by molar-refractivity contribution is -0.139. The van der Waals surface area contributed by atoms with Gasteiger partial charge in [-0.3, -0.25) is 0 Å². The molecule has 0 saturated heterocycles. The van der Waals surface area contributed by atoms with Crippen LogP contribution in [0.5, 0.6) is 0 Å². The van der Waals surface area contributed by atoms with Gasteiger partial charge in [0, 0.05) is 26.9 Å². The molecule has 0 bridgehead atoms. The highest BCUT2D eigenvalue weighted by atomic mass is 28.4. The van der Waals surface area contributed by atoms with Gasteiger partial charge in [-0.1, -0.05) is 6.58 Å². The molecular formula is C9H18O6Si. The summed E-state index contributed by atoms with van der Waals surface area (Å²) in [5.41, 5.74) is 0. The van der Waals surface area contributed by atoms with E-state index in [1.165, 1.54) is 14.2 Å². The Morgan fingerprint density at radius 1 is 1.25 bits per heavy atom. The van der Waals surface area contributed by atoms with Crippen LogP contribution in [-0.2, 0) is 27.2 Å². The molecule has 0 aliphatic carbocycles. The third kappa shape index (κ3) is 5.38. The molecule has 16 heavy (non-hydrogen) atoms. The van der Waals surface area contributed by atoms with Gasteiger partial charge in [0.1, 0.15) is 6.61 Å². The maximum Gasteiger partial charge on any atom is 0.679 e. The molecule has 6 nitrogen and oxygen atoms in total. The van der Waals surface area contributed by atoms with E-state index in [9.17, 15) is 4.79 Å². The van der Waals surface area contributed by atoms with Gasteiger partial charge in [-0.15, -0.1) is 0 Å². The number of carbonyl (C=O) groups excluding carboxylic acids is 1. The molecule has 7 heteroatoms. The van der Waals surface area contributed by atoms with Gasteiger partial charge < -0.3 is 22.4 Å². The maximum absolute atomic E-state index is 10.7. The Morgan fingerprint density at radius 3 is 2.31 bits per heavy atom. The average molecular weight is 250 g/mol. The molecule has 0 aromatic carbocycles. The molecule has 94 valence electrons. The van der Waals surface area contributed by atoms with Crippen LogP contribution in [0, 0.1) is 0 Å². The normalized spacial score (nSPS) is 11.2. The van der Waals surface area contributed by atoms with E-state index in [1.54, 1.807) is 6.92 Å². The zero-order valence-electron chi connectivity index (χ0n) is 9.86. The molecule has 0 atom stereocenters. The molecule has 0 rings (SSSR count). The highest BCUT2D eigenvalue weighted by Crippen LogP contribution is 2.08. The van der Waals surface area contributed by atoms with Crippen LogP contribution >= 0.6 is 0 Å². The summed E-state index contributed by atoms with van der Waals surface area (Å²) in [6.45, 7) is 5.74. The van der Waals surface area contributed by atoms with Crippen LogP contribution in [0.4, 0.5) is 0 Å². The van der Waals surface area contributed by atoms with Gasteiger partial charge >= 0.3 is 15.0 Å². The Morgan fingerprint density at radius 2 is 1.88 bits per heavy atom. The Labute approximate surface area is 96.6 Å². The van der Waals surface area contributed by atoms with Crippen LogP contribution < -0.4 is 0 Å². The highest BCUT2D eigenvalue weighted by molar-refractivity contribution is 6.53. The molecule has 0 aliphatic rings. The number of hydrogen-bond acceptors (Lipinski definition) is 6. The predicted octanol–water partition coefficient (Wildman–Crippen LogP) is 0.497. The summed E-state index contributed by atoms with van der Waals surface area (Å²) in [5.74, 6) is -0.498. The van der Waals surface area contributed by atoms with E-state index in [1.807, 2.05) is 0 Å². The Balaban J connectivity index is 3.92. The minimum Gasteiger partial charge on any atom is -0.460 e. The van der Waals surface area contributed by atoms with E-state index in [0.29, 0.717) is 6.61 Å². The van der Waals surface area contributed by atoms with Crippen LogP contribution in [0.3, 0.4) is 0 Å². The predicted molar refractivity (Wildman–Crippen MR) is 58.5 cm³/mol. The minimum atomic E-state index is -3.04. The molecule has 0 fully saturated rings. The molecular weight excluding hydrogens is 232 g/mol. The van der Waals surface area contributed by atoms with Gasteiger partial charge in [0.15, 0.2) is 0 Å². The molecule has 0 saturated carbocycles. The van der Waals surface area contributed by atoms with E-state index in [2.05, 4.69) is 6.58 Å². The largest absolute Gasteiger partial charge is 0.679 e. The summed E-state index contributed by atoms with van der Waals surface area (Å²) < 4.78 is 25.5. The Kier molecular flexibility index (Phi) is 8.04. The third-order valence-corrected chi connectivity index (χ3v) is 3.79.